The molecule has 0 fully saturated rings. The highest BCUT2D eigenvalue weighted by Gasteiger charge is 2.27. The Bertz CT molecular complexity index is 452. The lowest BCUT2D eigenvalue weighted by molar-refractivity contribution is -0.127. The van der Waals surface area contributed by atoms with E-state index < -0.39 is 0 Å². The van der Waals surface area contributed by atoms with Gasteiger partial charge in [-0.05, 0) is 25.7 Å². The predicted octanol–water partition coefficient (Wildman–Crippen LogP) is 1.59. The molecule has 0 spiro atoms. The number of rotatable bonds is 3. The Hall–Kier alpha value is -1.65. The molecule has 3 atom stereocenters. The predicted molar refractivity (Wildman–Crippen MR) is 68.6 cm³/mol. The van der Waals surface area contributed by atoms with Gasteiger partial charge in [-0.2, -0.15) is 0 Å². The number of aromatic nitrogens is 3. The maximum atomic E-state index is 12.2. The molecule has 5 nitrogen and oxygen atoms in total. The van der Waals surface area contributed by atoms with Gasteiger partial charge in [-0.3, -0.25) is 4.79 Å². The van der Waals surface area contributed by atoms with E-state index in [0.29, 0.717) is 5.92 Å². The number of amides is 1. The van der Waals surface area contributed by atoms with Gasteiger partial charge in [0.25, 0.3) is 0 Å². The number of hydrogen-bond acceptors (Lipinski definition) is 3. The van der Waals surface area contributed by atoms with E-state index >= 15 is 0 Å². The Morgan fingerprint density at radius 1 is 1.50 bits per heavy atom. The van der Waals surface area contributed by atoms with Gasteiger partial charge in [0.2, 0.25) is 5.91 Å². The quantitative estimate of drug-likeness (QED) is 0.826. The van der Waals surface area contributed by atoms with Crippen LogP contribution in [0.4, 0.5) is 0 Å². The molecule has 1 N–H and O–H groups in total. The van der Waals surface area contributed by atoms with Gasteiger partial charge in [-0.25, -0.2) is 0 Å². The van der Waals surface area contributed by atoms with E-state index in [1.165, 1.54) is 0 Å². The van der Waals surface area contributed by atoms with Crippen LogP contribution in [0, 0.1) is 11.8 Å². The first-order valence-electron chi connectivity index (χ1n) is 6.39. The highest BCUT2D eigenvalue weighted by Crippen LogP contribution is 2.25. The lowest BCUT2D eigenvalue weighted by Crippen LogP contribution is -2.37. The summed E-state index contributed by atoms with van der Waals surface area (Å²) in [6.45, 7) is 4.06. The molecule has 1 amide bonds. The van der Waals surface area contributed by atoms with Crippen LogP contribution in [0.15, 0.2) is 18.5 Å². The maximum Gasteiger partial charge on any atom is 0.224 e. The third kappa shape index (κ3) is 2.60. The lowest BCUT2D eigenvalue weighted by atomic mass is 9.83. The van der Waals surface area contributed by atoms with Crippen molar-refractivity contribution in [3.63, 3.8) is 0 Å². The Balaban J connectivity index is 1.99. The van der Waals surface area contributed by atoms with Crippen molar-refractivity contribution >= 4 is 5.91 Å². The largest absolute Gasteiger partial charge is 0.346 e. The van der Waals surface area contributed by atoms with Gasteiger partial charge in [-0.1, -0.05) is 19.1 Å². The van der Waals surface area contributed by atoms with Crippen LogP contribution in [-0.4, -0.2) is 20.7 Å². The lowest BCUT2D eigenvalue weighted by Gasteiger charge is -2.25. The van der Waals surface area contributed by atoms with Crippen LogP contribution in [0.5, 0.6) is 0 Å². The molecule has 1 unspecified atom stereocenters. The van der Waals surface area contributed by atoms with E-state index in [9.17, 15) is 4.79 Å². The SMILES string of the molecule is CC(NC(=O)[C@@H]1CC=CC[C@H]1C)c1nncn1C. The second-order valence-electron chi connectivity index (χ2n) is 5.06. The molecule has 1 aromatic heterocycles. The number of carbonyl (C=O) groups excluding carboxylic acids is 1. The molecule has 1 aliphatic rings. The maximum absolute atomic E-state index is 12.2. The summed E-state index contributed by atoms with van der Waals surface area (Å²) in [7, 11) is 1.88. The molecule has 0 aromatic carbocycles. The first-order chi connectivity index (χ1) is 8.59. The second kappa shape index (κ2) is 5.33. The number of allylic oxidation sites excluding steroid dienone is 2. The molecule has 1 heterocycles. The van der Waals surface area contributed by atoms with Gasteiger partial charge in [0.15, 0.2) is 5.82 Å². The Kier molecular flexibility index (Phi) is 3.79. The minimum atomic E-state index is -0.108. The normalized spacial score (nSPS) is 24.8. The molecule has 98 valence electrons. The standard InChI is InChI=1S/C13H20N4O/c1-9-6-4-5-7-11(9)13(18)15-10(2)12-16-14-8-17(12)3/h4-5,8-11H,6-7H2,1-3H3,(H,15,18)/t9-,10?,11-/m1/s1. The molecule has 1 aliphatic carbocycles. The summed E-state index contributed by atoms with van der Waals surface area (Å²) >= 11 is 0. The van der Waals surface area contributed by atoms with Crippen LogP contribution >= 0.6 is 0 Å². The number of nitrogens with one attached hydrogen (secondary N) is 1. The average molecular weight is 248 g/mol. The minimum absolute atomic E-state index is 0.0747. The minimum Gasteiger partial charge on any atom is -0.346 e. The molecule has 18 heavy (non-hydrogen) atoms. The van der Waals surface area contributed by atoms with Crippen LogP contribution in [-0.2, 0) is 11.8 Å². The van der Waals surface area contributed by atoms with Gasteiger partial charge in [0, 0.05) is 13.0 Å². The summed E-state index contributed by atoms with van der Waals surface area (Å²) in [5, 5.41) is 10.9. The van der Waals surface area contributed by atoms with E-state index in [1.807, 2.05) is 18.5 Å². The van der Waals surface area contributed by atoms with Crippen molar-refractivity contribution < 1.29 is 4.79 Å². The summed E-state index contributed by atoms with van der Waals surface area (Å²) in [5.74, 6) is 1.37. The van der Waals surface area contributed by atoms with Gasteiger partial charge in [0.1, 0.15) is 6.33 Å². The van der Waals surface area contributed by atoms with Crippen LogP contribution in [0.3, 0.4) is 0 Å². The monoisotopic (exact) mass is 248 g/mol. The molecule has 1 aromatic rings. The molecule has 2 rings (SSSR count). The number of carbonyl (C=O) groups is 1. The highest BCUT2D eigenvalue weighted by atomic mass is 16.2. The van der Waals surface area contributed by atoms with Crippen molar-refractivity contribution in [3.8, 4) is 0 Å². The van der Waals surface area contributed by atoms with Crippen molar-refractivity contribution in [2.45, 2.75) is 32.7 Å². The molecular formula is C13H20N4O. The van der Waals surface area contributed by atoms with Crippen LogP contribution < -0.4 is 5.32 Å². The third-order valence-corrected chi connectivity index (χ3v) is 3.58. The summed E-state index contributed by atoms with van der Waals surface area (Å²) < 4.78 is 1.83. The summed E-state index contributed by atoms with van der Waals surface area (Å²) in [6, 6.07) is -0.108. The molecule has 0 saturated heterocycles. The number of aryl methyl sites for hydroxylation is 1. The van der Waals surface area contributed by atoms with Crippen molar-refractivity contribution in [1.82, 2.24) is 20.1 Å². The zero-order valence-electron chi connectivity index (χ0n) is 11.1. The number of nitrogens with zero attached hydrogens (tertiary/aromatic N) is 3. The molecule has 0 bridgehead atoms. The van der Waals surface area contributed by atoms with Gasteiger partial charge in [-0.15, -0.1) is 10.2 Å². The molecule has 0 radical (unpaired) electrons. The molecule has 0 saturated carbocycles. The van der Waals surface area contributed by atoms with Gasteiger partial charge >= 0.3 is 0 Å². The van der Waals surface area contributed by atoms with Crippen molar-refractivity contribution in [1.29, 1.82) is 0 Å². The van der Waals surface area contributed by atoms with Crippen LogP contribution in [0.25, 0.3) is 0 Å². The van der Waals surface area contributed by atoms with Gasteiger partial charge in [0.05, 0.1) is 6.04 Å². The zero-order chi connectivity index (χ0) is 13.1. The zero-order valence-corrected chi connectivity index (χ0v) is 11.1. The summed E-state index contributed by atoms with van der Waals surface area (Å²) in [6.07, 6.45) is 7.71. The smallest absolute Gasteiger partial charge is 0.224 e. The fourth-order valence-corrected chi connectivity index (χ4v) is 2.38. The second-order valence-corrected chi connectivity index (χ2v) is 5.06. The van der Waals surface area contributed by atoms with Crippen molar-refractivity contribution in [2.75, 3.05) is 0 Å². The Morgan fingerprint density at radius 2 is 2.22 bits per heavy atom. The highest BCUT2D eigenvalue weighted by molar-refractivity contribution is 5.79. The van der Waals surface area contributed by atoms with Crippen molar-refractivity contribution in [3.05, 3.63) is 24.3 Å². The van der Waals surface area contributed by atoms with E-state index in [2.05, 4.69) is 34.6 Å². The topological polar surface area (TPSA) is 59.8 Å². The Labute approximate surface area is 107 Å². The van der Waals surface area contributed by atoms with E-state index in [4.69, 9.17) is 0 Å². The first-order valence-corrected chi connectivity index (χ1v) is 6.39. The first kappa shape index (κ1) is 12.8. The number of hydrogen-bond donors (Lipinski definition) is 1. The fraction of sp³-hybridized carbons (Fsp3) is 0.615. The molecular weight excluding hydrogens is 228 g/mol. The van der Waals surface area contributed by atoms with Gasteiger partial charge < -0.3 is 9.88 Å². The summed E-state index contributed by atoms with van der Waals surface area (Å²) in [5.41, 5.74) is 0. The van der Waals surface area contributed by atoms with E-state index in [1.54, 1.807) is 6.33 Å². The molecule has 0 aliphatic heterocycles. The van der Waals surface area contributed by atoms with E-state index in [0.717, 1.165) is 18.7 Å². The average Bonchev–Trinajstić information content (AvgIpc) is 2.76. The summed E-state index contributed by atoms with van der Waals surface area (Å²) in [4.78, 5) is 12.2. The third-order valence-electron chi connectivity index (χ3n) is 3.58. The van der Waals surface area contributed by atoms with Crippen LogP contribution in [0.1, 0.15) is 38.6 Å². The van der Waals surface area contributed by atoms with Crippen LogP contribution in [0.2, 0.25) is 0 Å². The van der Waals surface area contributed by atoms with Crippen molar-refractivity contribution in [2.24, 2.45) is 18.9 Å². The molecule has 5 heteroatoms. The van der Waals surface area contributed by atoms with E-state index in [-0.39, 0.29) is 17.9 Å². The Morgan fingerprint density at radius 3 is 2.83 bits per heavy atom. The fourth-order valence-electron chi connectivity index (χ4n) is 2.38.